The molecule has 3 aromatic rings. The molecule has 1 fully saturated rings. The second-order valence-electron chi connectivity index (χ2n) is 11.0. The van der Waals surface area contributed by atoms with Gasteiger partial charge in [-0.2, -0.15) is 0 Å². The first-order valence-electron chi connectivity index (χ1n) is 13.8. The highest BCUT2D eigenvalue weighted by molar-refractivity contribution is 5.91. The Morgan fingerprint density at radius 2 is 1.76 bits per heavy atom. The number of aromatic amines is 1. The van der Waals surface area contributed by atoms with Gasteiger partial charge in [0.15, 0.2) is 0 Å². The van der Waals surface area contributed by atoms with Gasteiger partial charge >= 0.3 is 0 Å². The van der Waals surface area contributed by atoms with Crippen molar-refractivity contribution in [2.24, 2.45) is 5.73 Å². The minimum Gasteiger partial charge on any atom is -0.349 e. The lowest BCUT2D eigenvalue weighted by Gasteiger charge is -2.36. The second-order valence-corrected chi connectivity index (χ2v) is 11.0. The van der Waals surface area contributed by atoms with Crippen molar-refractivity contribution in [2.45, 2.75) is 76.3 Å². The number of likely N-dealkylation sites (tertiary alicyclic amines) is 1. The Kier molecular flexibility index (Phi) is 9.34. The average molecular weight is 516 g/mol. The first-order chi connectivity index (χ1) is 18.3. The molecule has 1 saturated heterocycles. The molecule has 4 N–H and O–H groups in total. The van der Waals surface area contributed by atoms with Gasteiger partial charge in [0.25, 0.3) is 0 Å². The van der Waals surface area contributed by atoms with Crippen LogP contribution < -0.4 is 11.1 Å². The molecule has 2 aromatic carbocycles. The van der Waals surface area contributed by atoms with Gasteiger partial charge in [-0.15, -0.1) is 0 Å². The van der Waals surface area contributed by atoms with E-state index in [1.807, 2.05) is 29.3 Å². The van der Waals surface area contributed by atoms with Crippen LogP contribution in [0.15, 0.2) is 67.0 Å². The van der Waals surface area contributed by atoms with Crippen molar-refractivity contribution in [2.75, 3.05) is 13.1 Å². The molecule has 7 nitrogen and oxygen atoms in total. The maximum Gasteiger partial charge on any atom is 0.245 e. The molecular formula is C31H41N5O2. The Morgan fingerprint density at radius 1 is 1.05 bits per heavy atom. The number of aromatic nitrogens is 2. The van der Waals surface area contributed by atoms with E-state index in [4.69, 9.17) is 5.73 Å². The standard InChI is InChI=1S/C31H41N5O2/c1-31(2,32)30(38)35-27(14-8-11-23-9-4-3-5-10-23)29(37)36-21-17-25(18-22-36)26-13-7-6-12-24(26)15-16-28-33-19-20-34-28/h3-7,9-10,12-13,19-20,25,27H,8,11,14-18,21-22,32H2,1-2H3,(H,33,34)(H,35,38)/t27-/m1/s1. The fourth-order valence-electron chi connectivity index (χ4n) is 5.24. The SMILES string of the molecule is CC(C)(N)C(=O)N[C@H](CCCc1ccccc1)C(=O)N1CCC(c2ccccc2CCc2ncc[nH]2)CC1. The van der Waals surface area contributed by atoms with E-state index in [1.54, 1.807) is 20.0 Å². The van der Waals surface area contributed by atoms with E-state index in [2.05, 4.69) is 51.7 Å². The molecule has 38 heavy (non-hydrogen) atoms. The lowest BCUT2D eigenvalue weighted by molar-refractivity contribution is -0.138. The molecule has 202 valence electrons. The summed E-state index contributed by atoms with van der Waals surface area (Å²) in [5, 5.41) is 2.96. The minimum absolute atomic E-state index is 0.000200. The van der Waals surface area contributed by atoms with Crippen molar-refractivity contribution in [1.29, 1.82) is 0 Å². The van der Waals surface area contributed by atoms with Crippen LogP contribution in [0.5, 0.6) is 0 Å². The van der Waals surface area contributed by atoms with Crippen molar-refractivity contribution in [3.8, 4) is 0 Å². The van der Waals surface area contributed by atoms with Crippen LogP contribution in [0.3, 0.4) is 0 Å². The quantitative estimate of drug-likeness (QED) is 0.357. The first-order valence-corrected chi connectivity index (χ1v) is 13.8. The number of imidazole rings is 1. The summed E-state index contributed by atoms with van der Waals surface area (Å²) in [6, 6.07) is 18.3. The van der Waals surface area contributed by atoms with Crippen molar-refractivity contribution >= 4 is 11.8 Å². The third-order valence-corrected chi connectivity index (χ3v) is 7.48. The zero-order chi connectivity index (χ0) is 27.0. The van der Waals surface area contributed by atoms with E-state index in [0.29, 0.717) is 25.4 Å². The Bertz CT molecular complexity index is 1160. The Hall–Kier alpha value is -3.45. The van der Waals surface area contributed by atoms with E-state index < -0.39 is 11.6 Å². The number of nitrogens with one attached hydrogen (secondary N) is 2. The number of carbonyl (C=O) groups is 2. The van der Waals surface area contributed by atoms with Crippen LogP contribution in [-0.2, 0) is 28.9 Å². The molecule has 1 aromatic heterocycles. The fraction of sp³-hybridized carbons (Fsp3) is 0.452. The molecule has 4 rings (SSSR count). The zero-order valence-electron chi connectivity index (χ0n) is 22.7. The largest absolute Gasteiger partial charge is 0.349 e. The molecule has 2 amide bonds. The number of hydrogen-bond donors (Lipinski definition) is 3. The topological polar surface area (TPSA) is 104 Å². The average Bonchev–Trinajstić information content (AvgIpc) is 3.45. The summed E-state index contributed by atoms with van der Waals surface area (Å²) in [7, 11) is 0. The van der Waals surface area contributed by atoms with Gasteiger partial charge in [-0.05, 0) is 75.0 Å². The smallest absolute Gasteiger partial charge is 0.245 e. The van der Waals surface area contributed by atoms with Crippen molar-refractivity contribution in [3.63, 3.8) is 0 Å². The summed E-state index contributed by atoms with van der Waals surface area (Å²) < 4.78 is 0. The zero-order valence-corrected chi connectivity index (χ0v) is 22.7. The van der Waals surface area contributed by atoms with E-state index >= 15 is 0 Å². The van der Waals surface area contributed by atoms with Gasteiger partial charge in [0.2, 0.25) is 11.8 Å². The number of carbonyl (C=O) groups excluding carboxylic acids is 2. The molecule has 0 radical (unpaired) electrons. The molecule has 0 saturated carbocycles. The summed E-state index contributed by atoms with van der Waals surface area (Å²) >= 11 is 0. The number of benzene rings is 2. The molecule has 1 aliphatic heterocycles. The van der Waals surface area contributed by atoms with Crippen LogP contribution >= 0.6 is 0 Å². The van der Waals surface area contributed by atoms with Crippen LogP contribution in [0.4, 0.5) is 0 Å². The van der Waals surface area contributed by atoms with Crippen LogP contribution in [-0.4, -0.2) is 51.4 Å². The Balaban J connectivity index is 1.36. The van der Waals surface area contributed by atoms with Gasteiger partial charge in [0.05, 0.1) is 5.54 Å². The number of nitrogens with two attached hydrogens (primary N) is 1. The van der Waals surface area contributed by atoms with Gasteiger partial charge in [0.1, 0.15) is 11.9 Å². The summed E-state index contributed by atoms with van der Waals surface area (Å²) in [4.78, 5) is 35.8. The maximum absolute atomic E-state index is 13.6. The van der Waals surface area contributed by atoms with Crippen molar-refractivity contribution in [1.82, 2.24) is 20.2 Å². The van der Waals surface area contributed by atoms with E-state index in [0.717, 1.165) is 44.3 Å². The number of amides is 2. The highest BCUT2D eigenvalue weighted by atomic mass is 16.2. The van der Waals surface area contributed by atoms with Crippen LogP contribution in [0.2, 0.25) is 0 Å². The summed E-state index contributed by atoms with van der Waals surface area (Å²) in [5.41, 5.74) is 8.96. The third kappa shape index (κ3) is 7.54. The van der Waals surface area contributed by atoms with Gasteiger partial charge in [0, 0.05) is 31.9 Å². The first kappa shape index (κ1) is 27.6. The van der Waals surface area contributed by atoms with Crippen molar-refractivity contribution in [3.05, 3.63) is 89.5 Å². The molecule has 2 heterocycles. The molecular weight excluding hydrogens is 474 g/mol. The number of rotatable bonds is 11. The second kappa shape index (κ2) is 12.9. The highest BCUT2D eigenvalue weighted by Gasteiger charge is 2.32. The van der Waals surface area contributed by atoms with E-state index in [-0.39, 0.29) is 11.8 Å². The number of H-pyrrole nitrogens is 1. The molecule has 7 heteroatoms. The predicted molar refractivity (Wildman–Crippen MR) is 151 cm³/mol. The lowest BCUT2D eigenvalue weighted by Crippen LogP contribution is -2.57. The molecule has 1 aliphatic rings. The summed E-state index contributed by atoms with van der Waals surface area (Å²) in [5.74, 6) is 1.12. The normalized spacial score (nSPS) is 15.3. The molecule has 0 unspecified atom stereocenters. The fourth-order valence-corrected chi connectivity index (χ4v) is 5.24. The van der Waals surface area contributed by atoms with Gasteiger partial charge in [-0.1, -0.05) is 54.6 Å². The summed E-state index contributed by atoms with van der Waals surface area (Å²) in [6.45, 7) is 4.71. The summed E-state index contributed by atoms with van der Waals surface area (Å²) in [6.07, 6.45) is 9.56. The van der Waals surface area contributed by atoms with E-state index in [9.17, 15) is 9.59 Å². The number of hydrogen-bond acceptors (Lipinski definition) is 4. The van der Waals surface area contributed by atoms with Gasteiger partial charge in [-0.25, -0.2) is 4.98 Å². The monoisotopic (exact) mass is 515 g/mol. The Labute approximate surface area is 226 Å². The Morgan fingerprint density at radius 3 is 2.45 bits per heavy atom. The number of aryl methyl sites for hydroxylation is 3. The third-order valence-electron chi connectivity index (χ3n) is 7.48. The minimum atomic E-state index is -1.04. The molecule has 1 atom stereocenters. The van der Waals surface area contributed by atoms with Gasteiger partial charge in [-0.3, -0.25) is 9.59 Å². The highest BCUT2D eigenvalue weighted by Crippen LogP contribution is 2.31. The van der Waals surface area contributed by atoms with Crippen LogP contribution in [0.25, 0.3) is 0 Å². The van der Waals surface area contributed by atoms with Crippen LogP contribution in [0.1, 0.15) is 68.0 Å². The maximum atomic E-state index is 13.6. The number of nitrogens with zero attached hydrogens (tertiary/aromatic N) is 2. The number of piperidine rings is 1. The molecule has 0 bridgehead atoms. The molecule has 0 spiro atoms. The van der Waals surface area contributed by atoms with Crippen molar-refractivity contribution < 1.29 is 9.59 Å². The molecule has 0 aliphatic carbocycles. The lowest BCUT2D eigenvalue weighted by atomic mass is 9.85. The van der Waals surface area contributed by atoms with Crippen LogP contribution in [0, 0.1) is 0 Å². The van der Waals surface area contributed by atoms with Gasteiger partial charge < -0.3 is 20.9 Å². The predicted octanol–water partition coefficient (Wildman–Crippen LogP) is 4.15. The van der Waals surface area contributed by atoms with E-state index in [1.165, 1.54) is 16.7 Å².